The van der Waals surface area contributed by atoms with Crippen molar-refractivity contribution >= 4 is 11.7 Å². The smallest absolute Gasteiger partial charge is 0.175 e. The van der Waals surface area contributed by atoms with E-state index < -0.39 is 0 Å². The normalized spacial score (nSPS) is 20.4. The van der Waals surface area contributed by atoms with E-state index in [0.29, 0.717) is 11.5 Å². The molecule has 20 heavy (non-hydrogen) atoms. The average Bonchev–Trinajstić information content (AvgIpc) is 2.73. The molecule has 1 unspecified atom stereocenters. The number of nitrogens with two attached hydrogens (primary N) is 1. The van der Waals surface area contributed by atoms with Crippen LogP contribution in [0.5, 0.6) is 0 Å². The second-order valence-corrected chi connectivity index (χ2v) is 5.36. The third-order valence-corrected chi connectivity index (χ3v) is 3.91. The number of aryl methyl sites for hydroxylation is 2. The van der Waals surface area contributed by atoms with Gasteiger partial charge in [0.05, 0.1) is 11.3 Å². The molecule has 7 nitrogen and oxygen atoms in total. The van der Waals surface area contributed by atoms with E-state index in [-0.39, 0.29) is 12.4 Å². The van der Waals surface area contributed by atoms with Gasteiger partial charge in [-0.15, -0.1) is 0 Å². The second kappa shape index (κ2) is 6.13. The molecule has 1 aliphatic rings. The van der Waals surface area contributed by atoms with Crippen molar-refractivity contribution in [3.8, 4) is 0 Å². The number of aliphatic hydroxyl groups excluding tert-OH is 1. The molecule has 0 aromatic carbocycles. The van der Waals surface area contributed by atoms with Crippen LogP contribution in [0.25, 0.3) is 0 Å². The van der Waals surface area contributed by atoms with Gasteiger partial charge in [0, 0.05) is 26.7 Å². The lowest BCUT2D eigenvalue weighted by Gasteiger charge is -2.34. The molecule has 1 aromatic rings. The molecule has 7 heteroatoms. The van der Waals surface area contributed by atoms with Crippen LogP contribution in [-0.4, -0.2) is 45.6 Å². The van der Waals surface area contributed by atoms with Gasteiger partial charge in [-0.2, -0.15) is 5.10 Å². The van der Waals surface area contributed by atoms with Crippen molar-refractivity contribution in [2.45, 2.75) is 26.2 Å². The largest absolute Gasteiger partial charge is 0.409 e. The maximum absolute atomic E-state index is 9.11. The van der Waals surface area contributed by atoms with Gasteiger partial charge in [0.25, 0.3) is 0 Å². The zero-order valence-corrected chi connectivity index (χ0v) is 12.1. The van der Waals surface area contributed by atoms with E-state index in [1.807, 2.05) is 14.0 Å². The molecular weight excluding hydrogens is 258 g/mol. The van der Waals surface area contributed by atoms with Gasteiger partial charge in [-0.3, -0.25) is 4.68 Å². The fourth-order valence-corrected chi connectivity index (χ4v) is 3.03. The average molecular weight is 281 g/mol. The molecule has 1 saturated heterocycles. The Balaban J connectivity index is 2.32. The number of oxime groups is 1. The van der Waals surface area contributed by atoms with Crippen LogP contribution in [0.1, 0.15) is 30.5 Å². The molecule has 0 saturated carbocycles. The van der Waals surface area contributed by atoms with Crippen molar-refractivity contribution in [1.82, 2.24) is 9.78 Å². The summed E-state index contributed by atoms with van der Waals surface area (Å²) in [5.74, 6) is 1.46. The molecule has 112 valence electrons. The Hall–Kier alpha value is -1.76. The minimum atomic E-state index is 0.0925. The van der Waals surface area contributed by atoms with E-state index in [1.54, 1.807) is 4.68 Å². The number of nitrogens with zero attached hydrogens (tertiary/aromatic N) is 4. The van der Waals surface area contributed by atoms with Gasteiger partial charge in [-0.1, -0.05) is 5.16 Å². The van der Waals surface area contributed by atoms with E-state index in [2.05, 4.69) is 15.2 Å². The SMILES string of the molecule is Cc1nn(C)c(N2CCCC(CCO)C2)c1C(N)=NO. The molecule has 0 aliphatic carbocycles. The van der Waals surface area contributed by atoms with Crippen LogP contribution in [0.15, 0.2) is 5.16 Å². The molecule has 1 fully saturated rings. The molecule has 1 aromatic heterocycles. The van der Waals surface area contributed by atoms with Crippen LogP contribution >= 0.6 is 0 Å². The van der Waals surface area contributed by atoms with Gasteiger partial charge in [0.15, 0.2) is 5.84 Å². The Morgan fingerprint density at radius 3 is 2.95 bits per heavy atom. The van der Waals surface area contributed by atoms with Crippen LogP contribution in [-0.2, 0) is 7.05 Å². The van der Waals surface area contributed by atoms with Gasteiger partial charge in [0.1, 0.15) is 5.82 Å². The number of rotatable bonds is 4. The van der Waals surface area contributed by atoms with Gasteiger partial charge in [-0.25, -0.2) is 0 Å². The molecule has 2 rings (SSSR count). The number of hydrogen-bond donors (Lipinski definition) is 3. The highest BCUT2D eigenvalue weighted by atomic mass is 16.4. The maximum Gasteiger partial charge on any atom is 0.175 e. The quantitative estimate of drug-likeness (QED) is 0.321. The Morgan fingerprint density at radius 1 is 1.55 bits per heavy atom. The number of hydrogen-bond acceptors (Lipinski definition) is 5. The minimum Gasteiger partial charge on any atom is -0.409 e. The lowest BCUT2D eigenvalue weighted by atomic mass is 9.95. The fraction of sp³-hybridized carbons (Fsp3) is 0.692. The first-order valence-corrected chi connectivity index (χ1v) is 6.95. The molecule has 0 amide bonds. The van der Waals surface area contributed by atoms with Crippen LogP contribution in [0.3, 0.4) is 0 Å². The van der Waals surface area contributed by atoms with Gasteiger partial charge < -0.3 is 20.9 Å². The van der Waals surface area contributed by atoms with Crippen LogP contribution < -0.4 is 10.6 Å². The van der Waals surface area contributed by atoms with Gasteiger partial charge >= 0.3 is 0 Å². The number of aromatic nitrogens is 2. The second-order valence-electron chi connectivity index (χ2n) is 5.36. The third kappa shape index (κ3) is 2.72. The zero-order chi connectivity index (χ0) is 14.7. The third-order valence-electron chi connectivity index (χ3n) is 3.91. The standard InChI is InChI=1S/C13H23N5O2/c1-9-11(12(14)16-20)13(17(2)15-9)18-6-3-4-10(8-18)5-7-19/h10,19-20H,3-8H2,1-2H3,(H2,14,16). The lowest BCUT2D eigenvalue weighted by molar-refractivity contribution is 0.244. The zero-order valence-electron chi connectivity index (χ0n) is 12.1. The van der Waals surface area contributed by atoms with E-state index in [9.17, 15) is 0 Å². The lowest BCUT2D eigenvalue weighted by Crippen LogP contribution is -2.38. The summed E-state index contributed by atoms with van der Waals surface area (Å²) in [5.41, 5.74) is 7.24. The molecule has 4 N–H and O–H groups in total. The van der Waals surface area contributed by atoms with Crippen molar-refractivity contribution in [3.63, 3.8) is 0 Å². The van der Waals surface area contributed by atoms with Gasteiger partial charge in [-0.05, 0) is 32.1 Å². The molecule has 0 spiro atoms. The summed E-state index contributed by atoms with van der Waals surface area (Å²) in [4.78, 5) is 2.22. The van der Waals surface area contributed by atoms with E-state index in [4.69, 9.17) is 16.0 Å². The molecule has 1 atom stereocenters. The number of anilines is 1. The van der Waals surface area contributed by atoms with E-state index in [1.165, 1.54) is 0 Å². The summed E-state index contributed by atoms with van der Waals surface area (Å²) in [6.07, 6.45) is 3.02. The first-order chi connectivity index (χ1) is 9.58. The summed E-state index contributed by atoms with van der Waals surface area (Å²) >= 11 is 0. The maximum atomic E-state index is 9.11. The summed E-state index contributed by atoms with van der Waals surface area (Å²) in [6, 6.07) is 0. The minimum absolute atomic E-state index is 0.0925. The van der Waals surface area contributed by atoms with Crippen molar-refractivity contribution in [2.75, 3.05) is 24.6 Å². The Morgan fingerprint density at radius 2 is 2.30 bits per heavy atom. The van der Waals surface area contributed by atoms with Crippen molar-refractivity contribution in [3.05, 3.63) is 11.3 Å². The van der Waals surface area contributed by atoms with Gasteiger partial charge in [0.2, 0.25) is 0 Å². The highest BCUT2D eigenvalue weighted by Crippen LogP contribution is 2.28. The van der Waals surface area contributed by atoms with Crippen LogP contribution in [0.4, 0.5) is 5.82 Å². The highest BCUT2D eigenvalue weighted by Gasteiger charge is 2.26. The predicted molar refractivity (Wildman–Crippen MR) is 77.1 cm³/mol. The summed E-state index contributed by atoms with van der Waals surface area (Å²) in [5, 5.41) is 25.6. The van der Waals surface area contributed by atoms with E-state index >= 15 is 0 Å². The summed E-state index contributed by atoms with van der Waals surface area (Å²) in [6.45, 7) is 3.86. The monoisotopic (exact) mass is 281 g/mol. The fourth-order valence-electron chi connectivity index (χ4n) is 3.03. The van der Waals surface area contributed by atoms with E-state index in [0.717, 1.165) is 43.9 Å². The topological polar surface area (TPSA) is 99.9 Å². The molecular formula is C13H23N5O2. The van der Waals surface area contributed by atoms with Crippen LogP contribution in [0.2, 0.25) is 0 Å². The Kier molecular flexibility index (Phi) is 4.49. The van der Waals surface area contributed by atoms with Crippen molar-refractivity contribution in [2.24, 2.45) is 23.9 Å². The van der Waals surface area contributed by atoms with Crippen molar-refractivity contribution < 1.29 is 10.3 Å². The summed E-state index contributed by atoms with van der Waals surface area (Å²) < 4.78 is 1.78. The molecule has 1 aliphatic heterocycles. The Bertz CT molecular complexity index is 495. The highest BCUT2D eigenvalue weighted by molar-refractivity contribution is 6.02. The van der Waals surface area contributed by atoms with Crippen molar-refractivity contribution in [1.29, 1.82) is 0 Å². The van der Waals surface area contributed by atoms with Crippen LogP contribution in [0, 0.1) is 12.8 Å². The molecule has 2 heterocycles. The molecule has 0 radical (unpaired) electrons. The number of piperidine rings is 1. The predicted octanol–water partition coefficient (Wildman–Crippen LogP) is 0.422. The Labute approximate surface area is 118 Å². The number of amidine groups is 1. The summed E-state index contributed by atoms with van der Waals surface area (Å²) in [7, 11) is 1.87. The molecule has 0 bridgehead atoms. The first-order valence-electron chi connectivity index (χ1n) is 6.95. The first kappa shape index (κ1) is 14.6. The number of aliphatic hydroxyl groups is 1.